The monoisotopic (exact) mass is 446 g/mol. The van der Waals surface area contributed by atoms with Gasteiger partial charge in [0, 0.05) is 20.0 Å². The van der Waals surface area contributed by atoms with Gasteiger partial charge < -0.3 is 19.3 Å². The van der Waals surface area contributed by atoms with Crippen molar-refractivity contribution in [2.45, 2.75) is 25.4 Å². The Morgan fingerprint density at radius 1 is 0.970 bits per heavy atom. The topological polar surface area (TPSA) is 65.0 Å². The van der Waals surface area contributed by atoms with Crippen molar-refractivity contribution >= 4 is 5.97 Å². The fraction of sp³-hybridized carbons (Fsp3) is 0.250. The zero-order chi connectivity index (χ0) is 23.5. The van der Waals surface area contributed by atoms with Crippen molar-refractivity contribution in [3.8, 4) is 22.6 Å². The molecule has 3 aromatic carbocycles. The Hall–Kier alpha value is -3.57. The standard InChI is InChI=1S/C28H30O5/c1-3-8-24-20-23(22-9-5-4-6-10-22)13-16-26(24)33-18-7-17-32-25-14-11-21(12-15-25)19-27(31-2)28(29)30/h3-6,9-16,20,27H,1,7-8,17-19H2,2H3,(H,29,30)/t27-/m0/s1. The summed E-state index contributed by atoms with van der Waals surface area (Å²) in [6.07, 6.45) is 2.83. The number of ether oxygens (including phenoxy) is 3. The van der Waals surface area contributed by atoms with Gasteiger partial charge in [-0.1, -0.05) is 54.6 Å². The van der Waals surface area contributed by atoms with Crippen molar-refractivity contribution in [3.05, 3.63) is 96.6 Å². The van der Waals surface area contributed by atoms with Gasteiger partial charge in [-0.05, 0) is 52.9 Å². The molecule has 5 heteroatoms. The molecule has 33 heavy (non-hydrogen) atoms. The van der Waals surface area contributed by atoms with Crippen molar-refractivity contribution in [3.63, 3.8) is 0 Å². The van der Waals surface area contributed by atoms with Crippen molar-refractivity contribution in [1.29, 1.82) is 0 Å². The summed E-state index contributed by atoms with van der Waals surface area (Å²) in [5, 5.41) is 9.08. The summed E-state index contributed by atoms with van der Waals surface area (Å²) in [6.45, 7) is 4.93. The summed E-state index contributed by atoms with van der Waals surface area (Å²) < 4.78 is 16.8. The lowest BCUT2D eigenvalue weighted by molar-refractivity contribution is -0.148. The molecule has 0 bridgehead atoms. The second-order valence-electron chi connectivity index (χ2n) is 7.64. The van der Waals surface area contributed by atoms with Gasteiger partial charge in [-0.2, -0.15) is 0 Å². The Morgan fingerprint density at radius 2 is 1.70 bits per heavy atom. The third-order valence-electron chi connectivity index (χ3n) is 5.25. The highest BCUT2D eigenvalue weighted by Crippen LogP contribution is 2.27. The van der Waals surface area contributed by atoms with E-state index >= 15 is 0 Å². The lowest BCUT2D eigenvalue weighted by Gasteiger charge is -2.13. The number of hydrogen-bond donors (Lipinski definition) is 1. The molecule has 0 saturated heterocycles. The third-order valence-corrected chi connectivity index (χ3v) is 5.25. The van der Waals surface area contributed by atoms with E-state index in [1.54, 1.807) is 0 Å². The lowest BCUT2D eigenvalue weighted by Crippen LogP contribution is -2.24. The van der Waals surface area contributed by atoms with Gasteiger partial charge >= 0.3 is 5.97 Å². The van der Waals surface area contributed by atoms with Crippen LogP contribution in [0.25, 0.3) is 11.1 Å². The van der Waals surface area contributed by atoms with E-state index in [0.717, 1.165) is 41.0 Å². The molecule has 172 valence electrons. The Labute approximate surface area is 195 Å². The number of hydrogen-bond acceptors (Lipinski definition) is 4. The summed E-state index contributed by atoms with van der Waals surface area (Å²) in [6, 6.07) is 23.9. The van der Waals surface area contributed by atoms with E-state index in [9.17, 15) is 4.79 Å². The number of carboxylic acid groups (broad SMARTS) is 1. The molecule has 1 atom stereocenters. The molecule has 0 spiro atoms. The first-order valence-electron chi connectivity index (χ1n) is 11.0. The van der Waals surface area contributed by atoms with Gasteiger partial charge in [0.25, 0.3) is 0 Å². The zero-order valence-corrected chi connectivity index (χ0v) is 18.9. The van der Waals surface area contributed by atoms with E-state index in [4.69, 9.17) is 19.3 Å². The summed E-state index contributed by atoms with van der Waals surface area (Å²) >= 11 is 0. The van der Waals surface area contributed by atoms with Crippen LogP contribution in [-0.2, 0) is 22.4 Å². The van der Waals surface area contributed by atoms with Gasteiger partial charge in [0.05, 0.1) is 13.2 Å². The van der Waals surface area contributed by atoms with Crippen LogP contribution in [-0.4, -0.2) is 37.5 Å². The number of carbonyl (C=O) groups is 1. The van der Waals surface area contributed by atoms with Crippen LogP contribution in [0.4, 0.5) is 0 Å². The van der Waals surface area contributed by atoms with Crippen molar-refractivity contribution in [2.24, 2.45) is 0 Å². The summed E-state index contributed by atoms with van der Waals surface area (Å²) in [4.78, 5) is 11.1. The molecule has 0 saturated carbocycles. The van der Waals surface area contributed by atoms with E-state index in [2.05, 4.69) is 30.8 Å². The average Bonchev–Trinajstić information content (AvgIpc) is 2.84. The third kappa shape index (κ3) is 7.22. The van der Waals surface area contributed by atoms with Crippen LogP contribution in [0.15, 0.2) is 85.5 Å². The predicted molar refractivity (Wildman–Crippen MR) is 130 cm³/mol. The zero-order valence-electron chi connectivity index (χ0n) is 18.9. The molecule has 1 N–H and O–H groups in total. The van der Waals surface area contributed by atoms with Crippen LogP contribution in [0.1, 0.15) is 17.5 Å². The van der Waals surface area contributed by atoms with Crippen LogP contribution in [0.2, 0.25) is 0 Å². The number of rotatable bonds is 13. The molecule has 0 aliphatic heterocycles. The predicted octanol–water partition coefficient (Wildman–Crippen LogP) is 5.57. The first kappa shape index (κ1) is 24.1. The minimum absolute atomic E-state index is 0.316. The highest BCUT2D eigenvalue weighted by Gasteiger charge is 2.16. The summed E-state index contributed by atoms with van der Waals surface area (Å²) in [7, 11) is 1.40. The fourth-order valence-corrected chi connectivity index (χ4v) is 3.48. The quantitative estimate of drug-likeness (QED) is 0.275. The Balaban J connectivity index is 1.48. The van der Waals surface area contributed by atoms with Crippen molar-refractivity contribution in [2.75, 3.05) is 20.3 Å². The number of methoxy groups -OCH3 is 1. The van der Waals surface area contributed by atoms with Crippen LogP contribution in [0.3, 0.4) is 0 Å². The Kier molecular flexibility index (Phi) is 9.09. The van der Waals surface area contributed by atoms with Gasteiger partial charge in [-0.25, -0.2) is 4.79 Å². The Morgan fingerprint density at radius 3 is 2.36 bits per heavy atom. The van der Waals surface area contributed by atoms with Gasteiger partial charge in [0.1, 0.15) is 11.5 Å². The van der Waals surface area contributed by atoms with Gasteiger partial charge in [0.15, 0.2) is 6.10 Å². The van der Waals surface area contributed by atoms with Gasteiger partial charge in [-0.15, -0.1) is 6.58 Å². The minimum Gasteiger partial charge on any atom is -0.493 e. The number of carboxylic acids is 1. The maximum atomic E-state index is 11.1. The normalized spacial score (nSPS) is 11.5. The van der Waals surface area contributed by atoms with E-state index in [0.29, 0.717) is 19.6 Å². The van der Waals surface area contributed by atoms with Crippen LogP contribution in [0, 0.1) is 0 Å². The fourth-order valence-electron chi connectivity index (χ4n) is 3.48. The average molecular weight is 447 g/mol. The van der Waals surface area contributed by atoms with Crippen LogP contribution in [0.5, 0.6) is 11.5 Å². The maximum Gasteiger partial charge on any atom is 0.333 e. The molecule has 5 nitrogen and oxygen atoms in total. The molecule has 0 unspecified atom stereocenters. The first-order valence-corrected chi connectivity index (χ1v) is 11.0. The molecular weight excluding hydrogens is 416 g/mol. The Bertz CT molecular complexity index is 1030. The maximum absolute atomic E-state index is 11.1. The lowest BCUT2D eigenvalue weighted by atomic mass is 10.0. The van der Waals surface area contributed by atoms with E-state index in [-0.39, 0.29) is 0 Å². The molecule has 0 aliphatic rings. The van der Waals surface area contributed by atoms with E-state index < -0.39 is 12.1 Å². The first-order chi connectivity index (χ1) is 16.1. The van der Waals surface area contributed by atoms with Gasteiger partial charge in [-0.3, -0.25) is 0 Å². The second-order valence-corrected chi connectivity index (χ2v) is 7.64. The second kappa shape index (κ2) is 12.5. The van der Waals surface area contributed by atoms with Gasteiger partial charge in [0.2, 0.25) is 0 Å². The highest BCUT2D eigenvalue weighted by molar-refractivity contribution is 5.72. The smallest absolute Gasteiger partial charge is 0.333 e. The molecule has 0 aromatic heterocycles. The molecular formula is C28H30O5. The molecule has 0 aliphatic carbocycles. The SMILES string of the molecule is C=CCc1cc(-c2ccccc2)ccc1OCCCOc1ccc(C[C@H](OC)C(=O)O)cc1. The minimum atomic E-state index is -0.969. The van der Waals surface area contributed by atoms with Crippen molar-refractivity contribution < 1.29 is 24.1 Å². The summed E-state index contributed by atoms with van der Waals surface area (Å²) in [5.74, 6) is 0.636. The van der Waals surface area contributed by atoms with Crippen molar-refractivity contribution in [1.82, 2.24) is 0 Å². The summed E-state index contributed by atoms with van der Waals surface area (Å²) in [5.41, 5.74) is 4.33. The molecule has 3 aromatic rings. The molecule has 0 amide bonds. The largest absolute Gasteiger partial charge is 0.493 e. The van der Waals surface area contributed by atoms with Crippen LogP contribution >= 0.6 is 0 Å². The molecule has 0 fully saturated rings. The van der Waals surface area contributed by atoms with E-state index in [1.165, 1.54) is 12.7 Å². The van der Waals surface area contributed by atoms with Crippen LogP contribution < -0.4 is 9.47 Å². The molecule has 0 radical (unpaired) electrons. The molecule has 0 heterocycles. The number of benzene rings is 3. The highest BCUT2D eigenvalue weighted by atomic mass is 16.5. The molecule has 3 rings (SSSR count). The van der Waals surface area contributed by atoms with E-state index in [1.807, 2.05) is 54.6 Å². The number of allylic oxidation sites excluding steroid dienone is 1. The number of aliphatic carboxylic acids is 1.